The second-order valence-electron chi connectivity index (χ2n) is 4.46. The highest BCUT2D eigenvalue weighted by molar-refractivity contribution is 9.10. The van der Waals surface area contributed by atoms with Crippen LogP contribution < -0.4 is 4.74 Å². The molecule has 0 aromatic heterocycles. The van der Waals surface area contributed by atoms with Crippen LogP contribution in [0, 0.1) is 15.9 Å². The van der Waals surface area contributed by atoms with Crippen LogP contribution in [0.2, 0.25) is 0 Å². The maximum absolute atomic E-state index is 13.4. The number of hydrogen-bond acceptors (Lipinski definition) is 5. The Balaban J connectivity index is 2.05. The molecule has 1 N–H and O–H groups in total. The Bertz CT molecular complexity index is 581. The minimum Gasteiger partial charge on any atom is -0.484 e. The van der Waals surface area contributed by atoms with Crippen molar-refractivity contribution in [2.24, 2.45) is 0 Å². The molecule has 0 amide bonds. The predicted molar refractivity (Wildman–Crippen MR) is 71.8 cm³/mol. The summed E-state index contributed by atoms with van der Waals surface area (Å²) in [7, 11) is 0. The molecule has 0 bridgehead atoms. The molecule has 2 rings (SSSR count). The van der Waals surface area contributed by atoms with Crippen LogP contribution in [0.4, 0.5) is 10.1 Å². The largest absolute Gasteiger partial charge is 0.484 e. The van der Waals surface area contributed by atoms with Crippen LogP contribution in [0.1, 0.15) is 12.8 Å². The molecule has 1 aliphatic rings. The van der Waals surface area contributed by atoms with Gasteiger partial charge >= 0.3 is 11.7 Å². The van der Waals surface area contributed by atoms with Gasteiger partial charge in [-0.15, -0.1) is 0 Å². The number of hydrogen-bond donors (Lipinski definition) is 1. The Kier molecular flexibility index (Phi) is 4.73. The van der Waals surface area contributed by atoms with Gasteiger partial charge in [-0.1, -0.05) is 0 Å². The first kappa shape index (κ1) is 15.6. The zero-order valence-corrected chi connectivity index (χ0v) is 12.2. The van der Waals surface area contributed by atoms with Crippen LogP contribution in [0.15, 0.2) is 16.6 Å². The van der Waals surface area contributed by atoms with Crippen molar-refractivity contribution in [2.75, 3.05) is 6.61 Å². The number of nitrogens with zero attached hydrogens (tertiary/aromatic N) is 1. The third kappa shape index (κ3) is 3.67. The fourth-order valence-corrected chi connectivity index (χ4v) is 2.30. The molecular formula is C12H11BrFNO6. The zero-order valence-electron chi connectivity index (χ0n) is 10.6. The lowest BCUT2D eigenvalue weighted by atomic mass is 10.2. The summed E-state index contributed by atoms with van der Waals surface area (Å²) >= 11 is 2.86. The van der Waals surface area contributed by atoms with Crippen molar-refractivity contribution in [1.82, 2.24) is 0 Å². The number of halogens is 2. The maximum atomic E-state index is 13.4. The summed E-state index contributed by atoms with van der Waals surface area (Å²) in [6.45, 7) is -0.0777. The van der Waals surface area contributed by atoms with E-state index in [1.54, 1.807) is 0 Å². The Morgan fingerprint density at radius 2 is 2.29 bits per heavy atom. The first-order chi connectivity index (χ1) is 9.88. The normalized spacial score (nSPS) is 21.2. The molecule has 0 radical (unpaired) electrons. The third-order valence-electron chi connectivity index (χ3n) is 3.01. The first-order valence-electron chi connectivity index (χ1n) is 6.03. The lowest BCUT2D eigenvalue weighted by molar-refractivity contribution is -0.386. The molecule has 2 atom stereocenters. The molecule has 1 aliphatic heterocycles. The van der Waals surface area contributed by atoms with Gasteiger partial charge in [-0.2, -0.15) is 0 Å². The van der Waals surface area contributed by atoms with Crippen molar-refractivity contribution in [2.45, 2.75) is 25.0 Å². The van der Waals surface area contributed by atoms with Crippen LogP contribution in [-0.2, 0) is 9.53 Å². The second-order valence-corrected chi connectivity index (χ2v) is 5.32. The van der Waals surface area contributed by atoms with E-state index < -0.39 is 28.9 Å². The van der Waals surface area contributed by atoms with Crippen LogP contribution >= 0.6 is 15.9 Å². The van der Waals surface area contributed by atoms with Gasteiger partial charge in [0.05, 0.1) is 15.5 Å². The number of nitro groups is 1. The van der Waals surface area contributed by atoms with E-state index in [-0.39, 0.29) is 22.5 Å². The molecule has 0 aliphatic carbocycles. The summed E-state index contributed by atoms with van der Waals surface area (Å²) in [4.78, 5) is 20.9. The van der Waals surface area contributed by atoms with E-state index in [9.17, 15) is 19.3 Å². The molecule has 1 aromatic carbocycles. The molecule has 1 heterocycles. The quantitative estimate of drug-likeness (QED) is 0.637. The average molecular weight is 364 g/mol. The Morgan fingerprint density at radius 1 is 1.57 bits per heavy atom. The molecule has 0 saturated carbocycles. The third-order valence-corrected chi connectivity index (χ3v) is 3.61. The van der Waals surface area contributed by atoms with Crippen LogP contribution in [0.5, 0.6) is 5.75 Å². The van der Waals surface area contributed by atoms with E-state index in [1.807, 2.05) is 0 Å². The van der Waals surface area contributed by atoms with Crippen LogP contribution in [-0.4, -0.2) is 34.8 Å². The summed E-state index contributed by atoms with van der Waals surface area (Å²) < 4.78 is 23.8. The zero-order chi connectivity index (χ0) is 15.6. The Morgan fingerprint density at radius 3 is 2.86 bits per heavy atom. The van der Waals surface area contributed by atoms with Gasteiger partial charge in [0.1, 0.15) is 12.4 Å². The number of aliphatic carboxylic acids is 1. The number of carboxylic acid groups (broad SMARTS) is 1. The summed E-state index contributed by atoms with van der Waals surface area (Å²) in [5.74, 6) is -1.97. The molecule has 2 unspecified atom stereocenters. The minimum absolute atomic E-state index is 0.0374. The standard InChI is InChI=1S/C12H11BrFNO6/c13-7-3-9(15(18)19)11(4-8(7)14)20-5-6-1-2-10(21-6)12(16)17/h3-4,6,10H,1-2,5H2,(H,16,17). The minimum atomic E-state index is -1.06. The number of carbonyl (C=O) groups is 1. The molecule has 9 heteroatoms. The van der Waals surface area contributed by atoms with E-state index in [0.717, 1.165) is 12.1 Å². The summed E-state index contributed by atoms with van der Waals surface area (Å²) in [5, 5.41) is 19.7. The molecule has 114 valence electrons. The SMILES string of the molecule is O=C(O)C1CCC(COc2cc(F)c(Br)cc2[N+](=O)[O-])O1. The first-order valence-corrected chi connectivity index (χ1v) is 6.82. The maximum Gasteiger partial charge on any atom is 0.332 e. The van der Waals surface area contributed by atoms with Crippen molar-refractivity contribution in [1.29, 1.82) is 0 Å². The van der Waals surface area contributed by atoms with Crippen LogP contribution in [0.25, 0.3) is 0 Å². The number of benzene rings is 1. The molecule has 21 heavy (non-hydrogen) atoms. The van der Waals surface area contributed by atoms with Crippen LogP contribution in [0.3, 0.4) is 0 Å². The van der Waals surface area contributed by atoms with Crippen molar-refractivity contribution in [3.63, 3.8) is 0 Å². The number of carboxylic acids is 1. The highest BCUT2D eigenvalue weighted by atomic mass is 79.9. The van der Waals surface area contributed by atoms with E-state index in [1.165, 1.54) is 0 Å². The van der Waals surface area contributed by atoms with Crippen molar-refractivity contribution >= 4 is 27.6 Å². The predicted octanol–water partition coefficient (Wildman–Crippen LogP) is 2.51. The molecule has 1 fully saturated rings. The number of rotatable bonds is 5. The van der Waals surface area contributed by atoms with E-state index >= 15 is 0 Å². The van der Waals surface area contributed by atoms with E-state index in [0.29, 0.717) is 12.8 Å². The van der Waals surface area contributed by atoms with Gasteiger partial charge in [-0.3, -0.25) is 10.1 Å². The highest BCUT2D eigenvalue weighted by Gasteiger charge is 2.31. The van der Waals surface area contributed by atoms with Gasteiger partial charge in [0.25, 0.3) is 0 Å². The Hall–Kier alpha value is -1.74. The van der Waals surface area contributed by atoms with Gasteiger partial charge in [0.15, 0.2) is 11.9 Å². The monoisotopic (exact) mass is 363 g/mol. The van der Waals surface area contributed by atoms with Gasteiger partial charge in [-0.25, -0.2) is 9.18 Å². The van der Waals surface area contributed by atoms with E-state index in [2.05, 4.69) is 15.9 Å². The van der Waals surface area contributed by atoms with Crippen molar-refractivity contribution in [3.8, 4) is 5.75 Å². The molecule has 7 nitrogen and oxygen atoms in total. The van der Waals surface area contributed by atoms with E-state index in [4.69, 9.17) is 14.6 Å². The average Bonchev–Trinajstić information content (AvgIpc) is 2.88. The summed E-state index contributed by atoms with van der Waals surface area (Å²) in [5.41, 5.74) is -0.379. The Labute approximate surface area is 126 Å². The van der Waals surface area contributed by atoms with Crippen molar-refractivity contribution in [3.05, 3.63) is 32.5 Å². The van der Waals surface area contributed by atoms with Gasteiger partial charge < -0.3 is 14.6 Å². The topological polar surface area (TPSA) is 98.9 Å². The molecule has 1 aromatic rings. The van der Waals surface area contributed by atoms with Crippen molar-refractivity contribution < 1.29 is 28.7 Å². The second kappa shape index (κ2) is 6.35. The van der Waals surface area contributed by atoms with Gasteiger partial charge in [0.2, 0.25) is 0 Å². The smallest absolute Gasteiger partial charge is 0.332 e. The van der Waals surface area contributed by atoms with Gasteiger partial charge in [-0.05, 0) is 28.8 Å². The molecule has 0 spiro atoms. The molecule has 1 saturated heterocycles. The fourth-order valence-electron chi connectivity index (χ4n) is 1.97. The fraction of sp³-hybridized carbons (Fsp3) is 0.417. The lowest BCUT2D eigenvalue weighted by Gasteiger charge is -2.13. The number of ether oxygens (including phenoxy) is 2. The molecular weight excluding hydrogens is 353 g/mol. The summed E-state index contributed by atoms with van der Waals surface area (Å²) in [6, 6.07) is 1.92. The number of nitro benzene ring substituents is 1. The summed E-state index contributed by atoms with van der Waals surface area (Å²) in [6.07, 6.45) is -0.572. The highest BCUT2D eigenvalue weighted by Crippen LogP contribution is 2.33. The van der Waals surface area contributed by atoms with Gasteiger partial charge in [0, 0.05) is 12.1 Å². The lowest BCUT2D eigenvalue weighted by Crippen LogP contribution is -2.23.